The second-order valence-corrected chi connectivity index (χ2v) is 5.84. The van der Waals surface area contributed by atoms with Gasteiger partial charge in [-0.2, -0.15) is 0 Å². The molecule has 0 aliphatic heterocycles. The summed E-state index contributed by atoms with van der Waals surface area (Å²) in [5.74, 6) is -2.02. The van der Waals surface area contributed by atoms with Gasteiger partial charge < -0.3 is 10.6 Å². The molecule has 0 aliphatic carbocycles. The molecule has 0 bridgehead atoms. The monoisotopic (exact) mass is 374 g/mol. The minimum absolute atomic E-state index is 0.0380. The zero-order chi connectivity index (χ0) is 18.7. The molecular formula is C18H13ClF2N4O. The predicted molar refractivity (Wildman–Crippen MR) is 95.8 cm³/mol. The summed E-state index contributed by atoms with van der Waals surface area (Å²) in [5.41, 5.74) is 1.24. The molecule has 0 atom stereocenters. The third kappa shape index (κ3) is 3.94. The minimum Gasteiger partial charge on any atom is -0.322 e. The number of nitrogens with zero attached hydrogens (tertiary/aromatic N) is 2. The number of carbonyl (C=O) groups is 1. The molecule has 2 N–H and O–H groups in total. The van der Waals surface area contributed by atoms with Crippen LogP contribution in [0.2, 0.25) is 5.02 Å². The van der Waals surface area contributed by atoms with Crippen molar-refractivity contribution in [3.63, 3.8) is 0 Å². The summed E-state index contributed by atoms with van der Waals surface area (Å²) in [7, 11) is 0. The molecule has 0 unspecified atom stereocenters. The Hall–Kier alpha value is -3.06. The first kappa shape index (κ1) is 17.8. The molecule has 0 radical (unpaired) electrons. The lowest BCUT2D eigenvalue weighted by atomic mass is 10.2. The van der Waals surface area contributed by atoms with Gasteiger partial charge in [-0.3, -0.25) is 4.79 Å². The van der Waals surface area contributed by atoms with Crippen LogP contribution >= 0.6 is 11.6 Å². The lowest BCUT2D eigenvalue weighted by Gasteiger charge is -2.08. The van der Waals surface area contributed by atoms with Crippen molar-refractivity contribution in [3.05, 3.63) is 76.6 Å². The van der Waals surface area contributed by atoms with Gasteiger partial charge >= 0.3 is 0 Å². The van der Waals surface area contributed by atoms with E-state index < -0.39 is 17.5 Å². The lowest BCUT2D eigenvalue weighted by Crippen LogP contribution is -2.13. The normalized spacial score (nSPS) is 10.5. The maximum atomic E-state index is 13.6. The van der Waals surface area contributed by atoms with Crippen LogP contribution in [0.4, 0.5) is 26.1 Å². The van der Waals surface area contributed by atoms with Gasteiger partial charge in [-0.1, -0.05) is 23.7 Å². The van der Waals surface area contributed by atoms with Crippen LogP contribution in [0.5, 0.6) is 0 Å². The molecule has 0 spiro atoms. The van der Waals surface area contributed by atoms with Gasteiger partial charge in [0.25, 0.3) is 5.91 Å². The Morgan fingerprint density at radius 2 is 1.73 bits per heavy atom. The molecule has 5 nitrogen and oxygen atoms in total. The second kappa shape index (κ2) is 7.45. The molecule has 1 amide bonds. The summed E-state index contributed by atoms with van der Waals surface area (Å²) in [6.07, 6.45) is 2.50. The number of aromatic nitrogens is 2. The van der Waals surface area contributed by atoms with Gasteiger partial charge in [0.2, 0.25) is 5.95 Å². The van der Waals surface area contributed by atoms with E-state index in [9.17, 15) is 13.6 Å². The van der Waals surface area contributed by atoms with Crippen molar-refractivity contribution in [2.45, 2.75) is 6.92 Å². The van der Waals surface area contributed by atoms with E-state index in [0.29, 0.717) is 10.7 Å². The van der Waals surface area contributed by atoms with E-state index in [1.54, 1.807) is 18.2 Å². The molecule has 1 heterocycles. The van der Waals surface area contributed by atoms with Crippen LogP contribution in [0.3, 0.4) is 0 Å². The van der Waals surface area contributed by atoms with Crippen molar-refractivity contribution in [3.8, 4) is 0 Å². The van der Waals surface area contributed by atoms with Crippen LogP contribution in [-0.2, 0) is 0 Å². The van der Waals surface area contributed by atoms with E-state index in [0.717, 1.165) is 17.7 Å². The van der Waals surface area contributed by atoms with E-state index in [-0.39, 0.29) is 17.2 Å². The van der Waals surface area contributed by atoms with E-state index in [1.807, 2.05) is 6.92 Å². The molecular weight excluding hydrogens is 362 g/mol. The second-order valence-electron chi connectivity index (χ2n) is 5.44. The van der Waals surface area contributed by atoms with Crippen molar-refractivity contribution in [2.24, 2.45) is 0 Å². The van der Waals surface area contributed by atoms with E-state index in [4.69, 9.17) is 11.6 Å². The Morgan fingerprint density at radius 3 is 2.35 bits per heavy atom. The number of amides is 1. The molecule has 0 aliphatic rings. The molecule has 0 saturated carbocycles. The van der Waals surface area contributed by atoms with Gasteiger partial charge in [-0.05, 0) is 36.8 Å². The Bertz CT molecular complexity index is 944. The topological polar surface area (TPSA) is 66.9 Å². The Labute approximate surface area is 153 Å². The summed E-state index contributed by atoms with van der Waals surface area (Å²) in [4.78, 5) is 20.0. The van der Waals surface area contributed by atoms with E-state index >= 15 is 0 Å². The fraction of sp³-hybridized carbons (Fsp3) is 0.0556. The standard InChI is InChI=1S/C18H13ClF2N4O/c1-10-5-6-12(7-13(10)19)24-17(26)11-8-22-18(23-9-11)25-16-14(20)3-2-4-15(16)21/h2-9H,1H3,(H,24,26)(H,22,23,25). The molecule has 8 heteroatoms. The highest BCUT2D eigenvalue weighted by Gasteiger charge is 2.12. The lowest BCUT2D eigenvalue weighted by molar-refractivity contribution is 0.102. The average Bonchev–Trinajstić information content (AvgIpc) is 2.62. The fourth-order valence-electron chi connectivity index (χ4n) is 2.11. The molecule has 1 aromatic heterocycles. The van der Waals surface area contributed by atoms with E-state index in [1.165, 1.54) is 18.5 Å². The Kier molecular flexibility index (Phi) is 5.09. The highest BCUT2D eigenvalue weighted by molar-refractivity contribution is 6.31. The van der Waals surface area contributed by atoms with Crippen LogP contribution in [0.1, 0.15) is 15.9 Å². The van der Waals surface area contributed by atoms with E-state index in [2.05, 4.69) is 20.6 Å². The smallest absolute Gasteiger partial charge is 0.258 e. The van der Waals surface area contributed by atoms with Crippen molar-refractivity contribution >= 4 is 34.8 Å². The average molecular weight is 375 g/mol. The highest BCUT2D eigenvalue weighted by Crippen LogP contribution is 2.22. The Morgan fingerprint density at radius 1 is 1.08 bits per heavy atom. The van der Waals surface area contributed by atoms with Crippen molar-refractivity contribution in [1.29, 1.82) is 0 Å². The number of para-hydroxylation sites is 1. The predicted octanol–water partition coefficient (Wildman–Crippen LogP) is 4.71. The maximum absolute atomic E-state index is 13.6. The van der Waals surface area contributed by atoms with Crippen LogP contribution in [-0.4, -0.2) is 15.9 Å². The summed E-state index contributed by atoms with van der Waals surface area (Å²) < 4.78 is 27.2. The zero-order valence-corrected chi connectivity index (χ0v) is 14.3. The van der Waals surface area contributed by atoms with Crippen LogP contribution in [0.15, 0.2) is 48.8 Å². The molecule has 3 rings (SSSR count). The van der Waals surface area contributed by atoms with Crippen LogP contribution in [0.25, 0.3) is 0 Å². The summed E-state index contributed by atoms with van der Waals surface area (Å²) in [6.45, 7) is 1.85. The molecule has 2 aromatic carbocycles. The SMILES string of the molecule is Cc1ccc(NC(=O)c2cnc(Nc3c(F)cccc3F)nc2)cc1Cl. The number of aryl methyl sites for hydroxylation is 1. The molecule has 3 aromatic rings. The third-order valence-corrected chi connectivity index (χ3v) is 3.95. The first-order chi connectivity index (χ1) is 12.4. The molecule has 132 valence electrons. The molecule has 0 saturated heterocycles. The third-order valence-electron chi connectivity index (χ3n) is 3.54. The van der Waals surface area contributed by atoms with Crippen molar-refractivity contribution < 1.29 is 13.6 Å². The number of halogens is 3. The summed E-state index contributed by atoms with van der Waals surface area (Å²) >= 11 is 6.02. The van der Waals surface area contributed by atoms with Crippen LogP contribution in [0, 0.1) is 18.6 Å². The summed E-state index contributed by atoms with van der Waals surface area (Å²) in [6, 6.07) is 8.61. The maximum Gasteiger partial charge on any atom is 0.258 e. The largest absolute Gasteiger partial charge is 0.322 e. The van der Waals surface area contributed by atoms with Crippen molar-refractivity contribution in [2.75, 3.05) is 10.6 Å². The summed E-state index contributed by atoms with van der Waals surface area (Å²) in [5, 5.41) is 5.65. The first-order valence-corrected chi connectivity index (χ1v) is 7.92. The molecule has 26 heavy (non-hydrogen) atoms. The number of anilines is 3. The number of hydrogen-bond donors (Lipinski definition) is 2. The van der Waals surface area contributed by atoms with Crippen LogP contribution < -0.4 is 10.6 Å². The van der Waals surface area contributed by atoms with Gasteiger partial charge in [-0.15, -0.1) is 0 Å². The number of carbonyl (C=O) groups excluding carboxylic acids is 1. The first-order valence-electron chi connectivity index (χ1n) is 7.54. The Balaban J connectivity index is 1.72. The quantitative estimate of drug-likeness (QED) is 0.694. The van der Waals surface area contributed by atoms with Gasteiger partial charge in [0.15, 0.2) is 0 Å². The fourth-order valence-corrected chi connectivity index (χ4v) is 2.29. The molecule has 0 fully saturated rings. The van der Waals surface area contributed by atoms with Gasteiger partial charge in [0.1, 0.15) is 17.3 Å². The van der Waals surface area contributed by atoms with Crippen molar-refractivity contribution in [1.82, 2.24) is 9.97 Å². The number of nitrogens with one attached hydrogen (secondary N) is 2. The van der Waals surface area contributed by atoms with Gasteiger partial charge in [0.05, 0.1) is 5.56 Å². The van der Waals surface area contributed by atoms with Gasteiger partial charge in [-0.25, -0.2) is 18.7 Å². The minimum atomic E-state index is -0.772. The highest BCUT2D eigenvalue weighted by atomic mass is 35.5. The number of rotatable bonds is 4. The van der Waals surface area contributed by atoms with Gasteiger partial charge in [0, 0.05) is 23.1 Å². The number of hydrogen-bond acceptors (Lipinski definition) is 4. The zero-order valence-electron chi connectivity index (χ0n) is 13.6. The number of benzene rings is 2.